The summed E-state index contributed by atoms with van der Waals surface area (Å²) in [5.74, 6) is 1.27. The first-order valence-electron chi connectivity index (χ1n) is 12.8. The molecule has 0 nitrogen and oxygen atoms in total. The van der Waals surface area contributed by atoms with Crippen molar-refractivity contribution in [1.82, 2.24) is 0 Å². The molecule has 2 unspecified atom stereocenters. The molecule has 0 heterocycles. The van der Waals surface area contributed by atoms with Crippen LogP contribution in [-0.2, 0) is 17.1 Å². The fraction of sp³-hybridized carbons (Fsp3) is 0.235. The molecule has 6 aromatic carbocycles. The molecule has 0 bridgehead atoms. The third kappa shape index (κ3) is 4.68. The van der Waals surface area contributed by atoms with Crippen molar-refractivity contribution >= 4 is 43.1 Å². The summed E-state index contributed by atoms with van der Waals surface area (Å²) in [6.45, 7) is 9.14. The Hall–Kier alpha value is -2.86. The molecule has 0 aromatic heterocycles. The van der Waals surface area contributed by atoms with Gasteiger partial charge in [0.15, 0.2) is 0 Å². The molecule has 0 fully saturated rings. The Labute approximate surface area is 220 Å². The first-order chi connectivity index (χ1) is 16.6. The van der Waals surface area contributed by atoms with Crippen LogP contribution >= 0.6 is 0 Å². The van der Waals surface area contributed by atoms with Crippen LogP contribution in [0.5, 0.6) is 0 Å². The standard InChI is InChI=1S/2C17H17.Fe/c2*1-3-12(2)14-9-6-10-16-15-8-5-4-7-13(15)11-17(14)16;/h2*4-12H,3H2,1-2H3;/q2*-1;+2. The fourth-order valence-electron chi connectivity index (χ4n) is 5.30. The minimum absolute atomic E-state index is 0. The topological polar surface area (TPSA) is 0 Å². The second-order valence-electron chi connectivity index (χ2n) is 9.70. The molecule has 178 valence electrons. The molecule has 0 aliphatic heterocycles. The van der Waals surface area contributed by atoms with Crippen LogP contribution in [0.15, 0.2) is 97.1 Å². The average Bonchev–Trinajstić information content (AvgIpc) is 3.46. The van der Waals surface area contributed by atoms with Crippen molar-refractivity contribution in [3.8, 4) is 0 Å². The Morgan fingerprint density at radius 1 is 0.514 bits per heavy atom. The van der Waals surface area contributed by atoms with Crippen molar-refractivity contribution in [2.75, 3.05) is 0 Å². The number of fused-ring (bicyclic) bond motifs is 6. The van der Waals surface area contributed by atoms with E-state index >= 15 is 0 Å². The monoisotopic (exact) mass is 498 g/mol. The van der Waals surface area contributed by atoms with Crippen molar-refractivity contribution in [3.63, 3.8) is 0 Å². The molecule has 6 aromatic rings. The maximum Gasteiger partial charge on any atom is 2.00 e. The Morgan fingerprint density at radius 2 is 0.886 bits per heavy atom. The molecular weight excluding hydrogens is 464 g/mol. The van der Waals surface area contributed by atoms with Crippen LogP contribution in [-0.4, -0.2) is 0 Å². The normalized spacial score (nSPS) is 12.9. The second-order valence-corrected chi connectivity index (χ2v) is 9.70. The number of rotatable bonds is 4. The summed E-state index contributed by atoms with van der Waals surface area (Å²) in [7, 11) is 0. The van der Waals surface area contributed by atoms with E-state index in [1.54, 1.807) is 0 Å². The van der Waals surface area contributed by atoms with Crippen LogP contribution in [0.2, 0.25) is 0 Å². The van der Waals surface area contributed by atoms with E-state index in [4.69, 9.17) is 0 Å². The van der Waals surface area contributed by atoms with Gasteiger partial charge in [-0.2, -0.15) is 0 Å². The third-order valence-corrected chi connectivity index (χ3v) is 7.67. The van der Waals surface area contributed by atoms with Gasteiger partial charge in [0, 0.05) is 0 Å². The summed E-state index contributed by atoms with van der Waals surface area (Å²) in [4.78, 5) is 0. The van der Waals surface area contributed by atoms with Crippen LogP contribution in [0.25, 0.3) is 43.1 Å². The first kappa shape index (κ1) is 25.2. The largest absolute Gasteiger partial charge is 2.00 e. The van der Waals surface area contributed by atoms with Gasteiger partial charge in [-0.3, -0.25) is 0 Å². The van der Waals surface area contributed by atoms with Crippen LogP contribution in [0.1, 0.15) is 63.5 Å². The van der Waals surface area contributed by atoms with Crippen LogP contribution in [0.4, 0.5) is 0 Å². The molecule has 0 aliphatic rings. The molecule has 35 heavy (non-hydrogen) atoms. The quantitative estimate of drug-likeness (QED) is 0.168. The van der Waals surface area contributed by atoms with Gasteiger partial charge in [-0.05, 0) is 11.8 Å². The van der Waals surface area contributed by atoms with E-state index in [0.29, 0.717) is 11.8 Å². The van der Waals surface area contributed by atoms with Gasteiger partial charge in [-0.25, -0.2) is 0 Å². The molecule has 0 spiro atoms. The molecule has 0 N–H and O–H groups in total. The van der Waals surface area contributed by atoms with E-state index in [1.807, 2.05) is 0 Å². The third-order valence-electron chi connectivity index (χ3n) is 7.67. The molecule has 0 saturated heterocycles. The molecule has 0 aliphatic carbocycles. The van der Waals surface area contributed by atoms with Crippen molar-refractivity contribution in [2.24, 2.45) is 0 Å². The minimum Gasteiger partial charge on any atom is -0.126 e. The SMILES string of the molecule is CCC(C)c1cccc2c1[cH-]c1ccccc12.CCC(C)c1cccc2c1[cH-]c1ccccc12.[Fe+2]. The Morgan fingerprint density at radius 3 is 1.29 bits per heavy atom. The molecule has 6 rings (SSSR count). The summed E-state index contributed by atoms with van der Waals surface area (Å²) in [6.07, 6.45) is 2.39. The summed E-state index contributed by atoms with van der Waals surface area (Å²) in [5, 5.41) is 11.2. The van der Waals surface area contributed by atoms with Crippen molar-refractivity contribution in [3.05, 3.63) is 108 Å². The number of benzene rings is 4. The predicted molar refractivity (Wildman–Crippen MR) is 152 cm³/mol. The summed E-state index contributed by atoms with van der Waals surface area (Å²) in [5.41, 5.74) is 2.97. The molecule has 0 amide bonds. The van der Waals surface area contributed by atoms with Gasteiger partial charge >= 0.3 is 17.1 Å². The zero-order chi connectivity index (χ0) is 23.7. The molecular formula is C34H34Fe. The summed E-state index contributed by atoms with van der Waals surface area (Å²) in [6, 6.07) is 35.4. The van der Waals surface area contributed by atoms with Crippen LogP contribution in [0, 0.1) is 0 Å². The van der Waals surface area contributed by atoms with Crippen molar-refractivity contribution in [2.45, 2.75) is 52.4 Å². The van der Waals surface area contributed by atoms with Crippen LogP contribution < -0.4 is 0 Å². The van der Waals surface area contributed by atoms with E-state index in [-0.39, 0.29) is 17.1 Å². The Bertz CT molecular complexity index is 1440. The summed E-state index contributed by atoms with van der Waals surface area (Å²) >= 11 is 0. The maximum atomic E-state index is 2.34. The molecule has 2 atom stereocenters. The van der Waals surface area contributed by atoms with Crippen LogP contribution in [0.3, 0.4) is 0 Å². The zero-order valence-corrected chi connectivity index (χ0v) is 22.3. The zero-order valence-electron chi connectivity index (χ0n) is 21.2. The smallest absolute Gasteiger partial charge is 0.126 e. The van der Waals surface area contributed by atoms with E-state index < -0.39 is 0 Å². The maximum absolute atomic E-state index is 2.34. The number of hydrogen-bond donors (Lipinski definition) is 0. The molecule has 1 heteroatoms. The van der Waals surface area contributed by atoms with Gasteiger partial charge in [0.2, 0.25) is 0 Å². The van der Waals surface area contributed by atoms with E-state index in [9.17, 15) is 0 Å². The second kappa shape index (κ2) is 10.8. The van der Waals surface area contributed by atoms with Gasteiger partial charge in [-0.15, -0.1) is 78.5 Å². The Kier molecular flexibility index (Phi) is 7.80. The van der Waals surface area contributed by atoms with Crippen molar-refractivity contribution < 1.29 is 17.1 Å². The molecule has 0 saturated carbocycles. The van der Waals surface area contributed by atoms with Crippen molar-refractivity contribution in [1.29, 1.82) is 0 Å². The van der Waals surface area contributed by atoms with Gasteiger partial charge in [-0.1, -0.05) is 113 Å². The van der Waals surface area contributed by atoms with E-state index in [2.05, 4.69) is 125 Å². The number of hydrogen-bond acceptors (Lipinski definition) is 0. The predicted octanol–water partition coefficient (Wildman–Crippen LogP) is 10.4. The summed E-state index contributed by atoms with van der Waals surface area (Å²) < 4.78 is 0. The average molecular weight is 498 g/mol. The van der Waals surface area contributed by atoms with Gasteiger partial charge < -0.3 is 0 Å². The Balaban J connectivity index is 0.000000160. The van der Waals surface area contributed by atoms with E-state index in [1.165, 1.54) is 67.1 Å². The van der Waals surface area contributed by atoms with Gasteiger partial charge in [0.25, 0.3) is 0 Å². The fourth-order valence-corrected chi connectivity index (χ4v) is 5.30. The van der Waals surface area contributed by atoms with Gasteiger partial charge in [0.1, 0.15) is 0 Å². The first-order valence-corrected chi connectivity index (χ1v) is 12.8. The van der Waals surface area contributed by atoms with E-state index in [0.717, 1.165) is 0 Å². The molecule has 0 radical (unpaired) electrons. The van der Waals surface area contributed by atoms with Gasteiger partial charge in [0.05, 0.1) is 0 Å². The minimum atomic E-state index is 0.